The van der Waals surface area contributed by atoms with Crippen molar-refractivity contribution in [1.82, 2.24) is 9.88 Å². The van der Waals surface area contributed by atoms with Crippen LogP contribution in [-0.2, 0) is 16.0 Å². The number of aromatic carboxylic acids is 1. The third-order valence-electron chi connectivity index (χ3n) is 7.21. The zero-order chi connectivity index (χ0) is 23.7. The molecule has 2 fully saturated rings. The summed E-state index contributed by atoms with van der Waals surface area (Å²) in [6.07, 6.45) is 5.22. The lowest BCUT2D eigenvalue weighted by Crippen LogP contribution is -2.41. The molecule has 2 saturated heterocycles. The average molecular weight is 465 g/mol. The van der Waals surface area contributed by atoms with E-state index in [0.29, 0.717) is 12.2 Å². The van der Waals surface area contributed by atoms with Crippen molar-refractivity contribution in [2.24, 2.45) is 0 Å². The predicted molar refractivity (Wildman–Crippen MR) is 129 cm³/mol. The first-order chi connectivity index (χ1) is 16.5. The first-order valence-corrected chi connectivity index (χ1v) is 12.0. The molecule has 7 heteroatoms. The van der Waals surface area contributed by atoms with Crippen molar-refractivity contribution in [3.05, 3.63) is 64.8 Å². The molecule has 0 radical (unpaired) electrons. The van der Waals surface area contributed by atoms with E-state index in [1.807, 2.05) is 18.3 Å². The Morgan fingerprint density at radius 2 is 2.03 bits per heavy atom. The Labute approximate surface area is 199 Å². The lowest BCUT2D eigenvalue weighted by molar-refractivity contribution is -0.120. The maximum Gasteiger partial charge on any atom is 0.335 e. The Morgan fingerprint density at radius 1 is 1.24 bits per heavy atom. The van der Waals surface area contributed by atoms with Crippen molar-refractivity contribution < 1.29 is 24.1 Å². The molecule has 2 aliphatic heterocycles. The first kappa shape index (κ1) is 22.9. The minimum Gasteiger partial charge on any atom is -0.496 e. The molecule has 2 N–H and O–H groups in total. The fraction of sp³-hybridized carbons (Fsp3) is 0.444. The van der Waals surface area contributed by atoms with Crippen molar-refractivity contribution in [3.63, 3.8) is 0 Å². The molecule has 2 aliphatic rings. The van der Waals surface area contributed by atoms with Gasteiger partial charge in [0.2, 0.25) is 0 Å². The number of hydrogen-bond acceptors (Lipinski definition) is 5. The molecule has 1 unspecified atom stereocenters. The van der Waals surface area contributed by atoms with Crippen LogP contribution in [-0.4, -0.2) is 60.0 Å². The van der Waals surface area contributed by atoms with E-state index in [1.165, 1.54) is 10.9 Å². The summed E-state index contributed by atoms with van der Waals surface area (Å²) in [5.74, 6) is -0.0157. The molecular weight excluding hydrogens is 432 g/mol. The van der Waals surface area contributed by atoms with E-state index < -0.39 is 5.97 Å². The largest absolute Gasteiger partial charge is 0.496 e. The fourth-order valence-corrected chi connectivity index (χ4v) is 5.16. The topological polar surface area (TPSA) is 84.0 Å². The van der Waals surface area contributed by atoms with Gasteiger partial charge in [0, 0.05) is 48.4 Å². The van der Waals surface area contributed by atoms with Gasteiger partial charge in [0.25, 0.3) is 0 Å². The lowest BCUT2D eigenvalue weighted by atomic mass is 9.91. The number of rotatable bonds is 8. The highest BCUT2D eigenvalue weighted by molar-refractivity contribution is 5.88. The normalized spacial score (nSPS) is 23.1. The summed E-state index contributed by atoms with van der Waals surface area (Å²) in [5.41, 5.74) is 4.87. The number of piperidine rings is 1. The molecule has 0 aliphatic carbocycles. The molecule has 7 nitrogen and oxygen atoms in total. The number of H-pyrrole nitrogens is 1. The van der Waals surface area contributed by atoms with Crippen LogP contribution in [0.25, 0.3) is 10.9 Å². The van der Waals surface area contributed by atoms with Gasteiger partial charge >= 0.3 is 5.97 Å². The van der Waals surface area contributed by atoms with E-state index in [9.17, 15) is 9.90 Å². The second-order valence-electron chi connectivity index (χ2n) is 9.32. The number of hydrogen-bond donors (Lipinski definition) is 2. The Bertz CT molecular complexity index is 1150. The third kappa shape index (κ3) is 4.56. The number of fused-ring (bicyclic) bond motifs is 1. The van der Waals surface area contributed by atoms with E-state index >= 15 is 0 Å². The highest BCUT2D eigenvalue weighted by Gasteiger charge is 2.32. The summed E-state index contributed by atoms with van der Waals surface area (Å²) in [6.45, 7) is 5.18. The summed E-state index contributed by atoms with van der Waals surface area (Å²) in [4.78, 5) is 17.2. The molecule has 3 aromatic rings. The van der Waals surface area contributed by atoms with Gasteiger partial charge in [-0.3, -0.25) is 4.90 Å². The van der Waals surface area contributed by atoms with Gasteiger partial charge in [-0.25, -0.2) is 4.79 Å². The van der Waals surface area contributed by atoms with Crippen LogP contribution in [0.2, 0.25) is 0 Å². The molecule has 34 heavy (non-hydrogen) atoms. The van der Waals surface area contributed by atoms with Gasteiger partial charge < -0.3 is 24.3 Å². The molecule has 180 valence electrons. The number of aromatic amines is 1. The molecule has 0 bridgehead atoms. The Balaban J connectivity index is 1.42. The fourth-order valence-electron chi connectivity index (χ4n) is 5.16. The van der Waals surface area contributed by atoms with Crippen LogP contribution >= 0.6 is 0 Å². The maximum absolute atomic E-state index is 11.4. The summed E-state index contributed by atoms with van der Waals surface area (Å²) in [5, 5.41) is 10.5. The maximum atomic E-state index is 11.4. The minimum absolute atomic E-state index is 0.115. The Morgan fingerprint density at radius 3 is 2.71 bits per heavy atom. The summed E-state index contributed by atoms with van der Waals surface area (Å²) in [6, 6.07) is 11.6. The van der Waals surface area contributed by atoms with Gasteiger partial charge in [-0.15, -0.1) is 0 Å². The molecule has 1 aromatic heterocycles. The highest BCUT2D eigenvalue weighted by Crippen LogP contribution is 2.38. The summed E-state index contributed by atoms with van der Waals surface area (Å²) >= 11 is 0. The third-order valence-corrected chi connectivity index (χ3v) is 7.21. The number of ether oxygens (including phenoxy) is 3. The van der Waals surface area contributed by atoms with Gasteiger partial charge in [-0.05, 0) is 61.6 Å². The second-order valence-corrected chi connectivity index (χ2v) is 9.32. The zero-order valence-electron chi connectivity index (χ0n) is 19.8. The number of nitrogens with one attached hydrogen (secondary N) is 1. The number of aromatic nitrogens is 1. The second kappa shape index (κ2) is 9.78. The Kier molecular flexibility index (Phi) is 6.59. The quantitative estimate of drug-likeness (QED) is 0.503. The van der Waals surface area contributed by atoms with Crippen LogP contribution in [0.3, 0.4) is 0 Å². The highest BCUT2D eigenvalue weighted by atomic mass is 16.6. The van der Waals surface area contributed by atoms with Gasteiger partial charge in [-0.2, -0.15) is 0 Å². The number of carboxylic acids is 1. The van der Waals surface area contributed by atoms with E-state index in [2.05, 4.69) is 28.9 Å². The number of likely N-dealkylation sites (tertiary alicyclic amines) is 1. The summed E-state index contributed by atoms with van der Waals surface area (Å²) < 4.78 is 17.6. The van der Waals surface area contributed by atoms with Crippen LogP contribution in [0.5, 0.6) is 5.75 Å². The van der Waals surface area contributed by atoms with Crippen LogP contribution in [0.15, 0.2) is 42.6 Å². The number of methoxy groups -OCH3 is 1. The lowest BCUT2D eigenvalue weighted by Gasteiger charge is -2.40. The standard InChI is InChI=1S/C27H32N2O5/c1-17-13-25(32-2)23(22-7-10-28-26(17)22)15-29-11-8-20(34-16-21-9-12-33-21)14-24(29)18-3-5-19(6-4-18)27(30)31/h3-7,10,13,20-21,24,28H,8-9,11-12,14-16H2,1-2H3,(H,30,31)/t20-,21?,24-/m0/s1. The van der Waals surface area contributed by atoms with Gasteiger partial charge in [0.1, 0.15) is 5.75 Å². The van der Waals surface area contributed by atoms with Crippen LogP contribution < -0.4 is 4.74 Å². The molecule has 2 aromatic carbocycles. The van der Waals surface area contributed by atoms with Crippen LogP contribution in [0, 0.1) is 6.92 Å². The van der Waals surface area contributed by atoms with Crippen LogP contribution in [0.4, 0.5) is 0 Å². The number of benzene rings is 2. The molecule has 0 amide bonds. The van der Waals surface area contributed by atoms with Gasteiger partial charge in [-0.1, -0.05) is 12.1 Å². The number of carboxylic acid groups (broad SMARTS) is 1. The predicted octanol–water partition coefficient (Wildman–Crippen LogP) is 4.69. The van der Waals surface area contributed by atoms with Crippen molar-refractivity contribution in [2.75, 3.05) is 26.9 Å². The molecule has 5 rings (SSSR count). The van der Waals surface area contributed by atoms with Crippen LogP contribution in [0.1, 0.15) is 52.4 Å². The van der Waals surface area contributed by atoms with Crippen molar-refractivity contribution >= 4 is 16.9 Å². The molecule has 0 saturated carbocycles. The SMILES string of the molecule is COc1cc(C)c2[nH]ccc2c1CN1CC[C@H](OCC2CCO2)C[C@H]1c1ccc(C(=O)O)cc1. The molecule has 3 atom stereocenters. The molecule has 0 spiro atoms. The number of aryl methyl sites for hydroxylation is 1. The van der Waals surface area contributed by atoms with E-state index in [4.69, 9.17) is 14.2 Å². The average Bonchev–Trinajstić information content (AvgIpc) is 3.31. The zero-order valence-corrected chi connectivity index (χ0v) is 19.8. The minimum atomic E-state index is -0.909. The number of nitrogens with zero attached hydrogens (tertiary/aromatic N) is 1. The molecule has 3 heterocycles. The van der Waals surface area contributed by atoms with Crippen molar-refractivity contribution in [3.8, 4) is 5.75 Å². The van der Waals surface area contributed by atoms with Crippen molar-refractivity contribution in [1.29, 1.82) is 0 Å². The summed E-state index contributed by atoms with van der Waals surface area (Å²) in [7, 11) is 1.72. The van der Waals surface area contributed by atoms with E-state index in [-0.39, 0.29) is 18.2 Å². The smallest absolute Gasteiger partial charge is 0.335 e. The monoisotopic (exact) mass is 464 g/mol. The van der Waals surface area contributed by atoms with Gasteiger partial charge in [0.15, 0.2) is 0 Å². The van der Waals surface area contributed by atoms with E-state index in [1.54, 1.807) is 19.2 Å². The first-order valence-electron chi connectivity index (χ1n) is 12.0. The van der Waals surface area contributed by atoms with Gasteiger partial charge in [0.05, 0.1) is 31.5 Å². The number of carbonyl (C=O) groups is 1. The van der Waals surface area contributed by atoms with E-state index in [0.717, 1.165) is 61.4 Å². The Hall–Kier alpha value is -2.87. The molecular formula is C27H32N2O5. The van der Waals surface area contributed by atoms with Crippen molar-refractivity contribution in [2.45, 2.75) is 51.0 Å².